The Labute approximate surface area is 360 Å². The molecule has 0 radical (unpaired) electrons. The first-order valence-electron chi connectivity index (χ1n) is 21.3. The van der Waals surface area contributed by atoms with Crippen molar-refractivity contribution >= 4 is 71.2 Å². The lowest BCUT2D eigenvalue weighted by molar-refractivity contribution is 1.17. The lowest BCUT2D eigenvalue weighted by Gasteiger charge is -2.26. The van der Waals surface area contributed by atoms with E-state index in [1.807, 2.05) is 0 Å². The fourth-order valence-electron chi connectivity index (χ4n) is 9.78. The Morgan fingerprint density at radius 3 is 1.24 bits per heavy atom. The summed E-state index contributed by atoms with van der Waals surface area (Å²) < 4.78 is 2.37. The van der Waals surface area contributed by atoms with Gasteiger partial charge in [-0.05, 0) is 126 Å². The number of para-hydroxylation sites is 3. The molecule has 0 unspecified atom stereocenters. The minimum absolute atomic E-state index is 1.10. The summed E-state index contributed by atoms with van der Waals surface area (Å²) in [5.41, 5.74) is 14.3. The molecular weight excluding hydrogens is 749 g/mol. The molecule has 2 heteroatoms. The van der Waals surface area contributed by atoms with Crippen molar-refractivity contribution in [1.82, 2.24) is 4.57 Å². The van der Waals surface area contributed by atoms with Crippen LogP contribution in [0.1, 0.15) is 0 Å². The Hall–Kier alpha value is -8.20. The molecule has 11 aromatic carbocycles. The molecule has 62 heavy (non-hydrogen) atoms. The van der Waals surface area contributed by atoms with E-state index in [2.05, 4.69) is 252 Å². The second kappa shape index (κ2) is 14.8. The zero-order valence-electron chi connectivity index (χ0n) is 34.0. The second-order valence-electron chi connectivity index (χ2n) is 16.0. The van der Waals surface area contributed by atoms with Crippen LogP contribution in [0.4, 0.5) is 17.1 Å². The number of hydrogen-bond donors (Lipinski definition) is 0. The highest BCUT2D eigenvalue weighted by atomic mass is 15.1. The van der Waals surface area contributed by atoms with Crippen LogP contribution in [0.5, 0.6) is 0 Å². The van der Waals surface area contributed by atoms with Gasteiger partial charge in [-0.25, -0.2) is 0 Å². The van der Waals surface area contributed by atoms with Gasteiger partial charge in [-0.2, -0.15) is 0 Å². The van der Waals surface area contributed by atoms with Crippen molar-refractivity contribution in [2.45, 2.75) is 0 Å². The van der Waals surface area contributed by atoms with Crippen LogP contribution >= 0.6 is 0 Å². The third-order valence-electron chi connectivity index (χ3n) is 12.6. The highest BCUT2D eigenvalue weighted by Crippen LogP contribution is 2.46. The van der Waals surface area contributed by atoms with Gasteiger partial charge in [0.05, 0.1) is 11.0 Å². The molecule has 0 saturated heterocycles. The molecule has 1 aromatic heterocycles. The Morgan fingerprint density at radius 1 is 0.258 bits per heavy atom. The molecule has 12 aromatic rings. The summed E-state index contributed by atoms with van der Waals surface area (Å²) in [5.74, 6) is 0. The molecule has 0 amide bonds. The van der Waals surface area contributed by atoms with Crippen LogP contribution in [0, 0.1) is 0 Å². The Bertz CT molecular complexity index is 3490. The normalized spacial score (nSPS) is 11.5. The Balaban J connectivity index is 0.901. The molecule has 0 bridgehead atoms. The van der Waals surface area contributed by atoms with E-state index < -0.39 is 0 Å². The number of anilines is 3. The SMILES string of the molecule is c1ccc(N(c2ccc(-c3ccc(-c4c5ccccc5c(-c5cccc6ccccc56)c5ccccc45)cc3)cc2)c2ccc(-n3c4ccccc4c4ccccc43)cc2)cc1. The second-order valence-corrected chi connectivity index (χ2v) is 16.0. The first-order valence-corrected chi connectivity index (χ1v) is 21.3. The molecule has 1 heterocycles. The van der Waals surface area contributed by atoms with Crippen LogP contribution in [-0.2, 0) is 0 Å². The summed E-state index contributed by atoms with van der Waals surface area (Å²) >= 11 is 0. The lowest BCUT2D eigenvalue weighted by Crippen LogP contribution is -2.10. The summed E-state index contributed by atoms with van der Waals surface area (Å²) in [6.07, 6.45) is 0. The van der Waals surface area contributed by atoms with Crippen molar-refractivity contribution in [3.05, 3.63) is 243 Å². The smallest absolute Gasteiger partial charge is 0.0541 e. The highest BCUT2D eigenvalue weighted by molar-refractivity contribution is 6.23. The van der Waals surface area contributed by atoms with Gasteiger partial charge in [0, 0.05) is 33.5 Å². The van der Waals surface area contributed by atoms with Crippen molar-refractivity contribution in [2.24, 2.45) is 0 Å². The van der Waals surface area contributed by atoms with Crippen molar-refractivity contribution in [3.63, 3.8) is 0 Å². The fraction of sp³-hybridized carbons (Fsp3) is 0. The first kappa shape index (κ1) is 35.7. The average molecular weight is 789 g/mol. The molecule has 0 N–H and O–H groups in total. The van der Waals surface area contributed by atoms with Gasteiger partial charge in [0.25, 0.3) is 0 Å². The largest absolute Gasteiger partial charge is 0.311 e. The fourth-order valence-corrected chi connectivity index (χ4v) is 9.78. The van der Waals surface area contributed by atoms with Crippen molar-refractivity contribution in [3.8, 4) is 39.1 Å². The van der Waals surface area contributed by atoms with Crippen LogP contribution < -0.4 is 4.90 Å². The average Bonchev–Trinajstić information content (AvgIpc) is 3.68. The quantitative estimate of drug-likeness (QED) is 0.146. The molecule has 0 aliphatic rings. The molecule has 12 rings (SSSR count). The third kappa shape index (κ3) is 5.88. The van der Waals surface area contributed by atoms with Crippen LogP contribution in [0.25, 0.3) is 93.2 Å². The molecule has 290 valence electrons. The van der Waals surface area contributed by atoms with Crippen LogP contribution in [0.3, 0.4) is 0 Å². The zero-order chi connectivity index (χ0) is 41.0. The van der Waals surface area contributed by atoms with Crippen molar-refractivity contribution in [1.29, 1.82) is 0 Å². The number of rotatable bonds is 7. The first-order chi connectivity index (χ1) is 30.8. The van der Waals surface area contributed by atoms with Gasteiger partial charge in [-0.1, -0.05) is 182 Å². The topological polar surface area (TPSA) is 8.17 Å². The van der Waals surface area contributed by atoms with Gasteiger partial charge in [-0.3, -0.25) is 0 Å². The zero-order valence-corrected chi connectivity index (χ0v) is 34.0. The summed E-state index contributed by atoms with van der Waals surface area (Å²) in [4.78, 5) is 2.33. The molecular formula is C60H40N2. The van der Waals surface area contributed by atoms with E-state index in [-0.39, 0.29) is 0 Å². The summed E-state index contributed by atoms with van der Waals surface area (Å²) in [7, 11) is 0. The maximum Gasteiger partial charge on any atom is 0.0541 e. The van der Waals surface area contributed by atoms with Crippen molar-refractivity contribution in [2.75, 3.05) is 4.90 Å². The lowest BCUT2D eigenvalue weighted by atomic mass is 9.84. The Kier molecular flexibility index (Phi) is 8.53. The summed E-state index contributed by atoms with van der Waals surface area (Å²) in [5, 5.41) is 10.1. The predicted octanol–water partition coefficient (Wildman–Crippen LogP) is 16.7. The Morgan fingerprint density at radius 2 is 0.661 bits per heavy atom. The summed E-state index contributed by atoms with van der Waals surface area (Å²) in [6, 6.07) is 88.3. The van der Waals surface area contributed by atoms with Crippen LogP contribution in [-0.4, -0.2) is 4.57 Å². The molecule has 0 saturated carbocycles. The van der Waals surface area contributed by atoms with Gasteiger partial charge < -0.3 is 9.47 Å². The maximum atomic E-state index is 2.37. The molecule has 0 fully saturated rings. The van der Waals surface area contributed by atoms with E-state index in [1.54, 1.807) is 0 Å². The van der Waals surface area contributed by atoms with E-state index >= 15 is 0 Å². The number of benzene rings is 11. The maximum absolute atomic E-state index is 2.37. The highest BCUT2D eigenvalue weighted by Gasteiger charge is 2.19. The number of hydrogen-bond acceptors (Lipinski definition) is 1. The van der Waals surface area contributed by atoms with Gasteiger partial charge in [-0.15, -0.1) is 0 Å². The molecule has 0 aliphatic carbocycles. The van der Waals surface area contributed by atoms with E-state index in [0.717, 1.165) is 22.7 Å². The van der Waals surface area contributed by atoms with E-state index in [1.165, 1.54) is 87.5 Å². The van der Waals surface area contributed by atoms with Gasteiger partial charge in [0.15, 0.2) is 0 Å². The van der Waals surface area contributed by atoms with E-state index in [4.69, 9.17) is 0 Å². The molecule has 0 spiro atoms. The minimum Gasteiger partial charge on any atom is -0.311 e. The van der Waals surface area contributed by atoms with Gasteiger partial charge in [0.2, 0.25) is 0 Å². The van der Waals surface area contributed by atoms with Gasteiger partial charge >= 0.3 is 0 Å². The number of nitrogens with zero attached hydrogens (tertiary/aromatic N) is 2. The number of fused-ring (bicyclic) bond motifs is 6. The monoisotopic (exact) mass is 788 g/mol. The number of aromatic nitrogens is 1. The third-order valence-corrected chi connectivity index (χ3v) is 12.6. The minimum atomic E-state index is 1.10. The van der Waals surface area contributed by atoms with Crippen LogP contribution in [0.2, 0.25) is 0 Å². The van der Waals surface area contributed by atoms with Crippen LogP contribution in [0.15, 0.2) is 243 Å². The van der Waals surface area contributed by atoms with E-state index in [9.17, 15) is 0 Å². The molecule has 2 nitrogen and oxygen atoms in total. The van der Waals surface area contributed by atoms with Crippen molar-refractivity contribution < 1.29 is 0 Å². The molecule has 0 aliphatic heterocycles. The molecule has 0 atom stereocenters. The summed E-state index contributed by atoms with van der Waals surface area (Å²) in [6.45, 7) is 0. The van der Waals surface area contributed by atoms with Gasteiger partial charge in [0.1, 0.15) is 0 Å². The standard InChI is InChI=1S/C60H40N2/c1-2-17-45(18-3-1)61(47-37-39-48(40-38-47)62-57-27-12-10-20-50(57)51-21-11-13-28-58(51)62)46-35-33-42(34-36-46)41-29-31-44(32-30-41)59-53-22-6-8-24-55(53)60(56-25-9-7-23-54(56)59)52-26-14-16-43-15-4-5-19-49(43)52/h1-40H. The van der Waals surface area contributed by atoms with E-state index in [0.29, 0.717) is 0 Å². The predicted molar refractivity (Wildman–Crippen MR) is 264 cm³/mol.